The van der Waals surface area contributed by atoms with Crippen LogP contribution < -0.4 is 0 Å². The van der Waals surface area contributed by atoms with Crippen LogP contribution >= 0.6 is 0 Å². The number of rotatable bonds is 2. The van der Waals surface area contributed by atoms with Crippen LogP contribution in [0.4, 0.5) is 4.39 Å². The van der Waals surface area contributed by atoms with E-state index in [4.69, 9.17) is 0 Å². The molecule has 0 radical (unpaired) electrons. The summed E-state index contributed by atoms with van der Waals surface area (Å²) in [7, 11) is 0. The predicted molar refractivity (Wildman–Crippen MR) is 87.2 cm³/mol. The summed E-state index contributed by atoms with van der Waals surface area (Å²) in [4.78, 5) is 15.4. The molecular weight excluding hydrogens is 293 g/mol. The van der Waals surface area contributed by atoms with Crippen LogP contribution in [-0.2, 0) is 5.41 Å². The normalized spacial score (nSPS) is 11.9. The van der Waals surface area contributed by atoms with Crippen molar-refractivity contribution in [3.8, 4) is 11.3 Å². The molecule has 0 bridgehead atoms. The third-order valence-electron chi connectivity index (χ3n) is 3.84. The van der Waals surface area contributed by atoms with Crippen molar-refractivity contribution in [2.24, 2.45) is 0 Å². The lowest BCUT2D eigenvalue weighted by Crippen LogP contribution is -2.14. The Bertz CT molecular complexity index is 907. The third-order valence-corrected chi connectivity index (χ3v) is 3.84. The monoisotopic (exact) mass is 311 g/mol. The molecule has 2 aromatic heterocycles. The Kier molecular flexibility index (Phi) is 3.51. The minimum absolute atomic E-state index is 0.168. The predicted octanol–water partition coefficient (Wildman–Crippen LogP) is 3.95. The first-order valence-corrected chi connectivity index (χ1v) is 7.42. The Hall–Kier alpha value is -2.56. The number of nitrogens with zero attached hydrogens (tertiary/aromatic N) is 3. The van der Waals surface area contributed by atoms with E-state index >= 15 is 0 Å². The van der Waals surface area contributed by atoms with E-state index in [0.29, 0.717) is 17.6 Å². The zero-order valence-corrected chi connectivity index (χ0v) is 13.6. The number of hydrogen-bond acceptors (Lipinski definition) is 3. The first-order valence-electron chi connectivity index (χ1n) is 7.42. The Morgan fingerprint density at radius 1 is 1.22 bits per heavy atom. The van der Waals surface area contributed by atoms with Crippen LogP contribution in [0.15, 0.2) is 30.5 Å². The zero-order valence-electron chi connectivity index (χ0n) is 13.6. The third kappa shape index (κ3) is 2.74. The summed E-state index contributed by atoms with van der Waals surface area (Å²) in [5.41, 5.74) is 4.24. The van der Waals surface area contributed by atoms with Crippen LogP contribution in [0.25, 0.3) is 16.9 Å². The first kappa shape index (κ1) is 15.3. The van der Waals surface area contributed by atoms with Gasteiger partial charge in [0.1, 0.15) is 11.5 Å². The van der Waals surface area contributed by atoms with Crippen molar-refractivity contribution in [2.75, 3.05) is 0 Å². The molecule has 5 heteroatoms. The fourth-order valence-electron chi connectivity index (χ4n) is 2.65. The highest BCUT2D eigenvalue weighted by Crippen LogP contribution is 2.30. The van der Waals surface area contributed by atoms with Crippen LogP contribution in [0.5, 0.6) is 0 Å². The van der Waals surface area contributed by atoms with Gasteiger partial charge in [-0.2, -0.15) is 5.10 Å². The highest BCUT2D eigenvalue weighted by Gasteiger charge is 2.22. The number of carbonyl (C=O) groups excluding carboxylic acids is 1. The Morgan fingerprint density at radius 3 is 2.57 bits per heavy atom. The highest BCUT2D eigenvalue weighted by molar-refractivity contribution is 5.75. The zero-order chi connectivity index (χ0) is 16.8. The molecule has 0 atom stereocenters. The number of halogens is 1. The standard InChI is InChI=1S/C18H18FN3O/c1-11-7-12(19)5-6-14(11)16-8-15(18(2,3)4)17-20-13(10-23)9-22(17)21-16/h5-10H,1-4H3. The quantitative estimate of drug-likeness (QED) is 0.673. The molecule has 0 aliphatic rings. The van der Waals surface area contributed by atoms with E-state index in [0.717, 1.165) is 22.4 Å². The molecule has 118 valence electrons. The average Bonchev–Trinajstić information content (AvgIpc) is 2.88. The molecule has 0 aliphatic carbocycles. The van der Waals surface area contributed by atoms with E-state index in [1.54, 1.807) is 16.8 Å². The molecule has 3 aromatic rings. The van der Waals surface area contributed by atoms with Gasteiger partial charge in [-0.25, -0.2) is 13.9 Å². The van der Waals surface area contributed by atoms with Gasteiger partial charge in [-0.15, -0.1) is 0 Å². The minimum Gasteiger partial charge on any atom is -0.296 e. The molecule has 0 fully saturated rings. The number of aldehydes is 1. The number of aromatic nitrogens is 3. The van der Waals surface area contributed by atoms with Crippen LogP contribution in [-0.4, -0.2) is 20.9 Å². The highest BCUT2D eigenvalue weighted by atomic mass is 19.1. The summed E-state index contributed by atoms with van der Waals surface area (Å²) >= 11 is 0. The van der Waals surface area contributed by atoms with Crippen LogP contribution in [0.1, 0.15) is 42.4 Å². The van der Waals surface area contributed by atoms with E-state index in [1.807, 2.05) is 13.0 Å². The Labute approximate surface area is 134 Å². The summed E-state index contributed by atoms with van der Waals surface area (Å²) < 4.78 is 15.0. The molecule has 0 unspecified atom stereocenters. The number of imidazole rings is 1. The fourth-order valence-corrected chi connectivity index (χ4v) is 2.65. The lowest BCUT2D eigenvalue weighted by molar-refractivity contribution is 0.111. The number of aryl methyl sites for hydroxylation is 1. The van der Waals surface area contributed by atoms with Gasteiger partial charge >= 0.3 is 0 Å². The lowest BCUT2D eigenvalue weighted by atomic mass is 9.87. The smallest absolute Gasteiger partial charge is 0.170 e. The summed E-state index contributed by atoms with van der Waals surface area (Å²) in [6.07, 6.45) is 2.32. The van der Waals surface area contributed by atoms with Gasteiger partial charge in [0.25, 0.3) is 0 Å². The average molecular weight is 311 g/mol. The summed E-state index contributed by atoms with van der Waals surface area (Å²) in [6.45, 7) is 8.10. The molecular formula is C18H18FN3O. The minimum atomic E-state index is -0.269. The van der Waals surface area contributed by atoms with E-state index in [9.17, 15) is 9.18 Å². The molecule has 4 nitrogen and oxygen atoms in total. The number of fused-ring (bicyclic) bond motifs is 1. The second kappa shape index (κ2) is 5.26. The molecule has 3 rings (SSSR count). The number of hydrogen-bond donors (Lipinski definition) is 0. The lowest BCUT2D eigenvalue weighted by Gasteiger charge is -2.20. The molecule has 0 aliphatic heterocycles. The van der Waals surface area contributed by atoms with E-state index in [1.165, 1.54) is 12.1 Å². The number of carbonyl (C=O) groups is 1. The summed E-state index contributed by atoms with van der Waals surface area (Å²) in [5.74, 6) is -0.269. The SMILES string of the molecule is Cc1cc(F)ccc1-c1cc(C(C)(C)C)c2nc(C=O)cn2n1. The van der Waals surface area contributed by atoms with Crippen molar-refractivity contribution in [1.29, 1.82) is 0 Å². The fraction of sp³-hybridized carbons (Fsp3) is 0.278. The van der Waals surface area contributed by atoms with Crippen molar-refractivity contribution in [1.82, 2.24) is 14.6 Å². The maximum atomic E-state index is 13.4. The van der Waals surface area contributed by atoms with Crippen LogP contribution in [0, 0.1) is 12.7 Å². The second-order valence-electron chi connectivity index (χ2n) is 6.70. The summed E-state index contributed by atoms with van der Waals surface area (Å²) in [5, 5.41) is 4.55. The van der Waals surface area contributed by atoms with E-state index in [-0.39, 0.29) is 11.2 Å². The van der Waals surface area contributed by atoms with Gasteiger partial charge in [0.15, 0.2) is 11.9 Å². The molecule has 0 N–H and O–H groups in total. The molecule has 2 heterocycles. The van der Waals surface area contributed by atoms with Gasteiger partial charge in [0.2, 0.25) is 0 Å². The molecule has 0 amide bonds. The van der Waals surface area contributed by atoms with Crippen LogP contribution in [0.2, 0.25) is 0 Å². The number of benzene rings is 1. The molecule has 0 saturated carbocycles. The van der Waals surface area contributed by atoms with Crippen molar-refractivity contribution in [3.63, 3.8) is 0 Å². The molecule has 1 aromatic carbocycles. The van der Waals surface area contributed by atoms with E-state index in [2.05, 4.69) is 30.9 Å². The second-order valence-corrected chi connectivity index (χ2v) is 6.70. The van der Waals surface area contributed by atoms with Gasteiger partial charge < -0.3 is 0 Å². The Morgan fingerprint density at radius 2 is 1.96 bits per heavy atom. The topological polar surface area (TPSA) is 47.3 Å². The van der Waals surface area contributed by atoms with Gasteiger partial charge in [0, 0.05) is 11.1 Å². The molecule has 23 heavy (non-hydrogen) atoms. The molecule has 0 saturated heterocycles. The maximum Gasteiger partial charge on any atom is 0.170 e. The van der Waals surface area contributed by atoms with Gasteiger partial charge in [0.05, 0.1) is 11.9 Å². The summed E-state index contributed by atoms with van der Waals surface area (Å²) in [6, 6.07) is 6.61. The van der Waals surface area contributed by atoms with Crippen molar-refractivity contribution < 1.29 is 9.18 Å². The van der Waals surface area contributed by atoms with Crippen molar-refractivity contribution in [3.05, 3.63) is 53.1 Å². The van der Waals surface area contributed by atoms with Crippen LogP contribution in [0.3, 0.4) is 0 Å². The van der Waals surface area contributed by atoms with E-state index < -0.39 is 0 Å². The van der Waals surface area contributed by atoms with Crippen molar-refractivity contribution in [2.45, 2.75) is 33.1 Å². The van der Waals surface area contributed by atoms with Gasteiger partial charge in [-0.3, -0.25) is 4.79 Å². The van der Waals surface area contributed by atoms with Gasteiger partial charge in [-0.05, 0) is 42.2 Å². The largest absolute Gasteiger partial charge is 0.296 e. The van der Waals surface area contributed by atoms with Gasteiger partial charge in [-0.1, -0.05) is 20.8 Å². The first-order chi connectivity index (χ1) is 10.8. The molecule has 0 spiro atoms. The Balaban J connectivity index is 2.32. The van der Waals surface area contributed by atoms with Crippen molar-refractivity contribution >= 4 is 11.9 Å². The maximum absolute atomic E-state index is 13.4.